The van der Waals surface area contributed by atoms with Crippen LogP contribution in [0.4, 0.5) is 0 Å². The van der Waals surface area contributed by atoms with Crippen molar-refractivity contribution >= 4 is 23.6 Å². The van der Waals surface area contributed by atoms with Crippen LogP contribution in [0.15, 0.2) is 9.52 Å². The van der Waals surface area contributed by atoms with Crippen molar-refractivity contribution < 1.29 is 9.32 Å². The standard InChI is InChI=1S/C21H36N6O2S/c1-5-22-20(23-14-17-25-19(29-26-17)21(2,3)4)24-16-8-6-15(7-9-16)18(28)27-10-12-30-13-11-27/h15-16H,5-14H2,1-4H3,(H2,22,23,24). The lowest BCUT2D eigenvalue weighted by molar-refractivity contribution is -0.136. The Morgan fingerprint density at radius 2 is 1.93 bits per heavy atom. The lowest BCUT2D eigenvalue weighted by Gasteiger charge is -2.34. The molecule has 0 radical (unpaired) electrons. The lowest BCUT2D eigenvalue weighted by Crippen LogP contribution is -2.47. The Morgan fingerprint density at radius 1 is 1.23 bits per heavy atom. The number of hydrogen-bond donors (Lipinski definition) is 2. The Kier molecular flexibility index (Phi) is 8.02. The maximum Gasteiger partial charge on any atom is 0.232 e. The van der Waals surface area contributed by atoms with Crippen LogP contribution >= 0.6 is 11.8 Å². The molecule has 30 heavy (non-hydrogen) atoms. The molecule has 1 saturated carbocycles. The highest BCUT2D eigenvalue weighted by atomic mass is 32.2. The number of carbonyl (C=O) groups excluding carboxylic acids is 1. The van der Waals surface area contributed by atoms with Crippen LogP contribution in [0.25, 0.3) is 0 Å². The molecule has 1 saturated heterocycles. The average molecular weight is 437 g/mol. The second kappa shape index (κ2) is 10.5. The smallest absolute Gasteiger partial charge is 0.232 e. The largest absolute Gasteiger partial charge is 0.357 e. The molecule has 0 bridgehead atoms. The Hall–Kier alpha value is -1.77. The van der Waals surface area contributed by atoms with E-state index in [-0.39, 0.29) is 11.3 Å². The molecule has 1 aliphatic carbocycles. The van der Waals surface area contributed by atoms with Crippen molar-refractivity contribution in [2.75, 3.05) is 31.1 Å². The van der Waals surface area contributed by atoms with Gasteiger partial charge in [0.05, 0.1) is 0 Å². The van der Waals surface area contributed by atoms with E-state index in [1.165, 1.54) is 0 Å². The Labute approximate surface area is 184 Å². The number of aliphatic imine (C=N–C) groups is 1. The predicted octanol–water partition coefficient (Wildman–Crippen LogP) is 2.56. The Bertz CT molecular complexity index is 715. The molecule has 0 aromatic carbocycles. The van der Waals surface area contributed by atoms with Crippen LogP contribution in [0.1, 0.15) is 65.1 Å². The van der Waals surface area contributed by atoms with Gasteiger partial charge < -0.3 is 20.1 Å². The third kappa shape index (κ3) is 6.36. The molecule has 1 aromatic rings. The Morgan fingerprint density at radius 3 is 2.53 bits per heavy atom. The van der Waals surface area contributed by atoms with E-state index in [2.05, 4.69) is 37.6 Å². The molecule has 2 aliphatic rings. The fourth-order valence-electron chi connectivity index (χ4n) is 3.81. The molecule has 2 fully saturated rings. The zero-order valence-corrected chi connectivity index (χ0v) is 19.6. The van der Waals surface area contributed by atoms with Crippen molar-refractivity contribution in [3.05, 3.63) is 11.7 Å². The van der Waals surface area contributed by atoms with Gasteiger partial charge in [-0.15, -0.1) is 0 Å². The Balaban J connectivity index is 1.50. The molecule has 1 amide bonds. The fraction of sp³-hybridized carbons (Fsp3) is 0.810. The summed E-state index contributed by atoms with van der Waals surface area (Å²) in [7, 11) is 0. The van der Waals surface area contributed by atoms with Crippen LogP contribution in [0.2, 0.25) is 0 Å². The molecular formula is C21H36N6O2S. The molecule has 0 spiro atoms. The van der Waals surface area contributed by atoms with Gasteiger partial charge in [0.15, 0.2) is 11.8 Å². The third-order valence-electron chi connectivity index (χ3n) is 5.57. The number of guanidine groups is 1. The van der Waals surface area contributed by atoms with Crippen LogP contribution in [0.3, 0.4) is 0 Å². The summed E-state index contributed by atoms with van der Waals surface area (Å²) in [4.78, 5) is 23.9. The monoisotopic (exact) mass is 436 g/mol. The van der Waals surface area contributed by atoms with Crippen LogP contribution in [0, 0.1) is 5.92 Å². The number of carbonyl (C=O) groups is 1. The molecule has 8 nitrogen and oxygen atoms in total. The summed E-state index contributed by atoms with van der Waals surface area (Å²) in [5.74, 6) is 4.67. The SMILES string of the molecule is CCNC(=NCc1noc(C(C)(C)C)n1)NC1CCC(C(=O)N2CCSCC2)CC1. The lowest BCUT2D eigenvalue weighted by atomic mass is 9.85. The fourth-order valence-corrected chi connectivity index (χ4v) is 4.72. The van der Waals surface area contributed by atoms with Gasteiger partial charge in [0, 0.05) is 48.5 Å². The van der Waals surface area contributed by atoms with Crippen molar-refractivity contribution in [1.29, 1.82) is 0 Å². The van der Waals surface area contributed by atoms with Crippen molar-refractivity contribution in [2.45, 2.75) is 71.4 Å². The first-order valence-corrected chi connectivity index (χ1v) is 12.3. The number of aromatic nitrogens is 2. The molecule has 0 atom stereocenters. The average Bonchev–Trinajstić information content (AvgIpc) is 3.23. The van der Waals surface area contributed by atoms with Crippen LogP contribution in [0.5, 0.6) is 0 Å². The van der Waals surface area contributed by atoms with Gasteiger partial charge in [-0.2, -0.15) is 16.7 Å². The van der Waals surface area contributed by atoms with E-state index in [0.29, 0.717) is 30.2 Å². The molecule has 0 unspecified atom stereocenters. The zero-order valence-electron chi connectivity index (χ0n) is 18.7. The van der Waals surface area contributed by atoms with Gasteiger partial charge in [0.1, 0.15) is 6.54 Å². The zero-order chi connectivity index (χ0) is 21.6. The number of thioether (sulfide) groups is 1. The van der Waals surface area contributed by atoms with Gasteiger partial charge in [0.2, 0.25) is 11.8 Å². The molecule has 9 heteroatoms. The highest BCUT2D eigenvalue weighted by molar-refractivity contribution is 7.99. The van der Waals surface area contributed by atoms with Crippen molar-refractivity contribution in [3.63, 3.8) is 0 Å². The summed E-state index contributed by atoms with van der Waals surface area (Å²) in [5, 5.41) is 10.9. The number of nitrogens with one attached hydrogen (secondary N) is 2. The van der Waals surface area contributed by atoms with Crippen LogP contribution in [-0.4, -0.2) is 64.1 Å². The van der Waals surface area contributed by atoms with E-state index in [0.717, 1.165) is 62.8 Å². The summed E-state index contributed by atoms with van der Waals surface area (Å²) in [5.41, 5.74) is -0.166. The molecule has 2 heterocycles. The van der Waals surface area contributed by atoms with Crippen LogP contribution in [-0.2, 0) is 16.8 Å². The van der Waals surface area contributed by atoms with E-state index in [4.69, 9.17) is 4.52 Å². The van der Waals surface area contributed by atoms with E-state index in [1.807, 2.05) is 32.5 Å². The first kappa shape index (κ1) is 22.9. The molecule has 168 valence electrons. The van der Waals surface area contributed by atoms with Crippen molar-refractivity contribution in [3.8, 4) is 0 Å². The maximum atomic E-state index is 12.8. The summed E-state index contributed by atoms with van der Waals surface area (Å²) in [6.45, 7) is 11.2. The summed E-state index contributed by atoms with van der Waals surface area (Å²) in [6, 6.07) is 0.333. The van der Waals surface area contributed by atoms with Gasteiger partial charge in [-0.25, -0.2) is 4.99 Å². The van der Waals surface area contributed by atoms with Gasteiger partial charge in [-0.05, 0) is 32.6 Å². The van der Waals surface area contributed by atoms with Crippen molar-refractivity contribution in [1.82, 2.24) is 25.7 Å². The molecule has 1 aliphatic heterocycles. The van der Waals surface area contributed by atoms with Gasteiger partial charge in [0.25, 0.3) is 0 Å². The van der Waals surface area contributed by atoms with E-state index >= 15 is 0 Å². The molecule has 3 rings (SSSR count). The first-order chi connectivity index (χ1) is 14.4. The normalized spacial score (nSPS) is 23.3. The summed E-state index contributed by atoms with van der Waals surface area (Å²) < 4.78 is 5.35. The second-order valence-electron chi connectivity index (χ2n) is 9.09. The van der Waals surface area contributed by atoms with Gasteiger partial charge >= 0.3 is 0 Å². The molecular weight excluding hydrogens is 400 g/mol. The van der Waals surface area contributed by atoms with E-state index in [9.17, 15) is 4.79 Å². The minimum absolute atomic E-state index is 0.166. The van der Waals surface area contributed by atoms with Crippen LogP contribution < -0.4 is 10.6 Å². The topological polar surface area (TPSA) is 95.6 Å². The van der Waals surface area contributed by atoms with Gasteiger partial charge in [-0.3, -0.25) is 4.79 Å². The maximum absolute atomic E-state index is 12.8. The predicted molar refractivity (Wildman–Crippen MR) is 121 cm³/mol. The highest BCUT2D eigenvalue weighted by Gasteiger charge is 2.30. The first-order valence-electron chi connectivity index (χ1n) is 11.1. The number of amides is 1. The van der Waals surface area contributed by atoms with E-state index in [1.54, 1.807) is 0 Å². The summed E-state index contributed by atoms with van der Waals surface area (Å²) >= 11 is 1.94. The van der Waals surface area contributed by atoms with Crippen molar-refractivity contribution in [2.24, 2.45) is 10.9 Å². The second-order valence-corrected chi connectivity index (χ2v) is 10.3. The molecule has 2 N–H and O–H groups in total. The highest BCUT2D eigenvalue weighted by Crippen LogP contribution is 2.27. The third-order valence-corrected chi connectivity index (χ3v) is 6.52. The molecule has 1 aromatic heterocycles. The quantitative estimate of drug-likeness (QED) is 0.541. The minimum Gasteiger partial charge on any atom is -0.357 e. The number of hydrogen-bond acceptors (Lipinski definition) is 6. The van der Waals surface area contributed by atoms with Gasteiger partial charge in [-0.1, -0.05) is 25.9 Å². The number of nitrogens with zero attached hydrogens (tertiary/aromatic N) is 4. The number of rotatable bonds is 5. The summed E-state index contributed by atoms with van der Waals surface area (Å²) in [6.07, 6.45) is 3.86. The minimum atomic E-state index is -0.166. The van der Waals surface area contributed by atoms with E-state index < -0.39 is 0 Å².